The van der Waals surface area contributed by atoms with Crippen molar-refractivity contribution in [3.63, 3.8) is 0 Å². The van der Waals surface area contributed by atoms with Crippen molar-refractivity contribution in [2.75, 3.05) is 32.1 Å². The summed E-state index contributed by atoms with van der Waals surface area (Å²) in [5, 5.41) is 12.1. The molecule has 1 aromatic rings. The van der Waals surface area contributed by atoms with Gasteiger partial charge in [0.05, 0.1) is 5.56 Å². The van der Waals surface area contributed by atoms with Crippen molar-refractivity contribution < 1.29 is 9.90 Å². The molecular weight excluding hydrogens is 218 g/mol. The van der Waals surface area contributed by atoms with Gasteiger partial charge < -0.3 is 15.3 Å². The number of hydrogen-bond donors (Lipinski definition) is 2. The third kappa shape index (κ3) is 3.71. The van der Waals surface area contributed by atoms with Crippen LogP contribution in [-0.4, -0.2) is 43.2 Å². The van der Waals surface area contributed by atoms with E-state index in [0.29, 0.717) is 11.4 Å². The fourth-order valence-corrected chi connectivity index (χ4v) is 1.47. The minimum absolute atomic E-state index is 0.295. The number of hydrogen-bond acceptors (Lipinski definition) is 4. The number of carboxylic acids is 1. The number of carbonyl (C=O) groups is 1. The van der Waals surface area contributed by atoms with Gasteiger partial charge in [-0.05, 0) is 25.6 Å². The number of rotatable bonds is 6. The van der Waals surface area contributed by atoms with Crippen molar-refractivity contribution in [3.05, 3.63) is 23.4 Å². The molecule has 17 heavy (non-hydrogen) atoms. The second kappa shape index (κ2) is 6.20. The van der Waals surface area contributed by atoms with Crippen LogP contribution in [0.4, 0.5) is 5.82 Å². The molecule has 0 aliphatic heterocycles. The molecule has 0 amide bonds. The van der Waals surface area contributed by atoms with Crippen LogP contribution in [0.2, 0.25) is 0 Å². The highest BCUT2D eigenvalue weighted by Crippen LogP contribution is 2.14. The lowest BCUT2D eigenvalue weighted by Gasteiger charge is -2.19. The lowest BCUT2D eigenvalue weighted by molar-refractivity contribution is 0.0696. The first-order valence-corrected chi connectivity index (χ1v) is 5.68. The van der Waals surface area contributed by atoms with E-state index in [1.807, 2.05) is 25.9 Å². The number of likely N-dealkylation sites (N-methyl/N-ethyl adjacent to an activating group) is 2. The lowest BCUT2D eigenvalue weighted by atomic mass is 10.2. The van der Waals surface area contributed by atoms with E-state index in [0.717, 1.165) is 25.2 Å². The molecular formula is C12H19N3O2. The van der Waals surface area contributed by atoms with Crippen LogP contribution in [0, 0.1) is 0 Å². The van der Waals surface area contributed by atoms with Gasteiger partial charge in [-0.1, -0.05) is 6.92 Å². The molecule has 0 saturated heterocycles. The number of carboxylic acid groups (broad SMARTS) is 1. The average Bonchev–Trinajstić information content (AvgIpc) is 2.35. The van der Waals surface area contributed by atoms with Crippen molar-refractivity contribution in [1.29, 1.82) is 0 Å². The monoisotopic (exact) mass is 237 g/mol. The summed E-state index contributed by atoms with van der Waals surface area (Å²) in [6.07, 6.45) is 0.730. The van der Waals surface area contributed by atoms with Crippen molar-refractivity contribution in [2.24, 2.45) is 0 Å². The van der Waals surface area contributed by atoms with E-state index in [1.54, 1.807) is 12.1 Å². The quantitative estimate of drug-likeness (QED) is 0.772. The average molecular weight is 237 g/mol. The molecule has 0 aliphatic carbocycles. The Balaban J connectivity index is 2.97. The van der Waals surface area contributed by atoms with Gasteiger partial charge in [0.15, 0.2) is 0 Å². The summed E-state index contributed by atoms with van der Waals surface area (Å²) in [4.78, 5) is 17.4. The van der Waals surface area contributed by atoms with Crippen LogP contribution in [-0.2, 0) is 6.42 Å². The van der Waals surface area contributed by atoms with Crippen molar-refractivity contribution in [3.8, 4) is 0 Å². The Morgan fingerprint density at radius 1 is 1.53 bits per heavy atom. The van der Waals surface area contributed by atoms with Gasteiger partial charge in [-0.25, -0.2) is 9.78 Å². The van der Waals surface area contributed by atoms with Gasteiger partial charge in [-0.3, -0.25) is 0 Å². The van der Waals surface area contributed by atoms with Crippen LogP contribution in [0.1, 0.15) is 23.0 Å². The highest BCUT2D eigenvalue weighted by Gasteiger charge is 2.10. The maximum Gasteiger partial charge on any atom is 0.335 e. The Labute approximate surface area is 101 Å². The summed E-state index contributed by atoms with van der Waals surface area (Å²) in [6, 6.07) is 3.23. The number of aromatic nitrogens is 1. The first kappa shape index (κ1) is 13.4. The molecule has 0 aliphatic rings. The van der Waals surface area contributed by atoms with E-state index < -0.39 is 5.97 Å². The molecule has 0 saturated carbocycles. The molecule has 5 nitrogen and oxygen atoms in total. The minimum atomic E-state index is -0.912. The van der Waals surface area contributed by atoms with E-state index in [4.69, 9.17) is 5.11 Å². The Kier molecular flexibility index (Phi) is 4.90. The van der Waals surface area contributed by atoms with Gasteiger partial charge in [0, 0.05) is 25.8 Å². The predicted octanol–water partition coefficient (Wildman–Crippen LogP) is 0.998. The molecule has 0 bridgehead atoms. The molecule has 1 rings (SSSR count). The van der Waals surface area contributed by atoms with Gasteiger partial charge in [0.2, 0.25) is 0 Å². The minimum Gasteiger partial charge on any atom is -0.478 e. The number of nitrogens with zero attached hydrogens (tertiary/aromatic N) is 2. The molecule has 0 radical (unpaired) electrons. The normalized spacial score (nSPS) is 10.3. The number of anilines is 1. The Morgan fingerprint density at radius 3 is 2.76 bits per heavy atom. The number of aromatic carboxylic acids is 1. The molecule has 0 fully saturated rings. The predicted molar refractivity (Wildman–Crippen MR) is 67.8 cm³/mol. The summed E-state index contributed by atoms with van der Waals surface area (Å²) < 4.78 is 0. The van der Waals surface area contributed by atoms with Crippen molar-refractivity contribution in [2.45, 2.75) is 13.3 Å². The van der Waals surface area contributed by atoms with Crippen LogP contribution < -0.4 is 10.2 Å². The smallest absolute Gasteiger partial charge is 0.335 e. The Morgan fingerprint density at radius 2 is 2.24 bits per heavy atom. The van der Waals surface area contributed by atoms with Gasteiger partial charge in [0.25, 0.3) is 0 Å². The second-order valence-corrected chi connectivity index (χ2v) is 3.89. The van der Waals surface area contributed by atoms with Crippen LogP contribution in [0.3, 0.4) is 0 Å². The van der Waals surface area contributed by atoms with Gasteiger partial charge in [-0.2, -0.15) is 0 Å². The maximum absolute atomic E-state index is 11.0. The third-order valence-electron chi connectivity index (χ3n) is 2.56. The molecule has 0 aromatic carbocycles. The van der Waals surface area contributed by atoms with Gasteiger partial charge >= 0.3 is 5.97 Å². The van der Waals surface area contributed by atoms with E-state index in [2.05, 4.69) is 10.3 Å². The van der Waals surface area contributed by atoms with Crippen molar-refractivity contribution >= 4 is 11.8 Å². The second-order valence-electron chi connectivity index (χ2n) is 3.89. The SMILES string of the molecule is CCc1cc(C(=O)O)cc(N(C)CCNC)n1. The molecule has 0 spiro atoms. The van der Waals surface area contributed by atoms with Gasteiger partial charge in [-0.15, -0.1) is 0 Å². The zero-order valence-corrected chi connectivity index (χ0v) is 10.5. The molecule has 94 valence electrons. The Bertz CT molecular complexity index is 393. The molecule has 2 N–H and O–H groups in total. The van der Waals surface area contributed by atoms with Crippen LogP contribution in [0.5, 0.6) is 0 Å². The van der Waals surface area contributed by atoms with Crippen molar-refractivity contribution in [1.82, 2.24) is 10.3 Å². The lowest BCUT2D eigenvalue weighted by Crippen LogP contribution is -2.28. The van der Waals surface area contributed by atoms with Crippen LogP contribution >= 0.6 is 0 Å². The zero-order valence-electron chi connectivity index (χ0n) is 10.5. The first-order valence-electron chi connectivity index (χ1n) is 5.68. The van der Waals surface area contributed by atoms with Crippen LogP contribution in [0.15, 0.2) is 12.1 Å². The van der Waals surface area contributed by atoms with E-state index >= 15 is 0 Å². The van der Waals surface area contributed by atoms with E-state index in [-0.39, 0.29) is 0 Å². The van der Waals surface area contributed by atoms with Crippen LogP contribution in [0.25, 0.3) is 0 Å². The standard InChI is InChI=1S/C12H19N3O2/c1-4-10-7-9(12(16)17)8-11(14-10)15(3)6-5-13-2/h7-8,13H,4-6H2,1-3H3,(H,16,17). The fraction of sp³-hybridized carbons (Fsp3) is 0.500. The zero-order chi connectivity index (χ0) is 12.8. The summed E-state index contributed by atoms with van der Waals surface area (Å²) in [5.41, 5.74) is 1.10. The highest BCUT2D eigenvalue weighted by molar-refractivity contribution is 5.88. The van der Waals surface area contributed by atoms with E-state index in [1.165, 1.54) is 0 Å². The fourth-order valence-electron chi connectivity index (χ4n) is 1.47. The summed E-state index contributed by atoms with van der Waals surface area (Å²) in [5.74, 6) is -0.206. The molecule has 0 unspecified atom stereocenters. The summed E-state index contributed by atoms with van der Waals surface area (Å²) in [6.45, 7) is 3.58. The maximum atomic E-state index is 11.0. The number of aryl methyl sites for hydroxylation is 1. The third-order valence-corrected chi connectivity index (χ3v) is 2.56. The number of pyridine rings is 1. The molecule has 5 heteroatoms. The topological polar surface area (TPSA) is 65.5 Å². The Hall–Kier alpha value is -1.62. The number of nitrogens with one attached hydrogen (secondary N) is 1. The summed E-state index contributed by atoms with van der Waals surface area (Å²) in [7, 11) is 3.79. The first-order chi connectivity index (χ1) is 8.08. The highest BCUT2D eigenvalue weighted by atomic mass is 16.4. The van der Waals surface area contributed by atoms with E-state index in [9.17, 15) is 4.79 Å². The molecule has 1 aromatic heterocycles. The molecule has 0 atom stereocenters. The molecule has 1 heterocycles. The largest absolute Gasteiger partial charge is 0.478 e. The summed E-state index contributed by atoms with van der Waals surface area (Å²) >= 11 is 0. The van der Waals surface area contributed by atoms with Gasteiger partial charge in [0.1, 0.15) is 5.82 Å².